The molecule has 1 atom stereocenters. The SMILES string of the molecule is COc1cc(NC(=O)C2CC(=O)N(c3ccccc3)C2)c(OC)cc1NC(=O)c1ccccc1. The second-order valence-corrected chi connectivity index (χ2v) is 7.80. The van der Waals surface area contributed by atoms with Crippen LogP contribution in [-0.2, 0) is 9.59 Å². The number of ether oxygens (including phenoxy) is 2. The quantitative estimate of drug-likeness (QED) is 0.558. The van der Waals surface area contributed by atoms with Crippen LogP contribution in [0.1, 0.15) is 16.8 Å². The zero-order valence-electron chi connectivity index (χ0n) is 18.9. The van der Waals surface area contributed by atoms with E-state index in [0.717, 1.165) is 5.69 Å². The molecule has 2 N–H and O–H groups in total. The molecule has 3 aromatic carbocycles. The Hall–Kier alpha value is -4.33. The standard InChI is InChI=1S/C26H25N3O5/c1-33-22-15-21(23(34-2)14-20(22)27-25(31)17-9-5-3-6-10-17)28-26(32)18-13-24(30)29(16-18)19-11-7-4-8-12-19/h3-12,14-15,18H,13,16H2,1-2H3,(H,27,31)(H,28,32). The lowest BCUT2D eigenvalue weighted by Gasteiger charge is -2.18. The predicted octanol–water partition coefficient (Wildman–Crippen LogP) is 3.95. The molecule has 3 aromatic rings. The summed E-state index contributed by atoms with van der Waals surface area (Å²) in [5.41, 5.74) is 2.04. The molecule has 1 heterocycles. The maximum absolute atomic E-state index is 13.0. The van der Waals surface area contributed by atoms with Crippen molar-refractivity contribution in [2.24, 2.45) is 5.92 Å². The summed E-state index contributed by atoms with van der Waals surface area (Å²) in [6.07, 6.45) is 0.116. The second kappa shape index (κ2) is 10.1. The predicted molar refractivity (Wildman–Crippen MR) is 129 cm³/mol. The van der Waals surface area contributed by atoms with Gasteiger partial charge in [-0.25, -0.2) is 0 Å². The number of nitrogens with one attached hydrogen (secondary N) is 2. The average Bonchev–Trinajstić information content (AvgIpc) is 3.27. The first-order valence-electron chi connectivity index (χ1n) is 10.8. The lowest BCUT2D eigenvalue weighted by molar-refractivity contribution is -0.122. The maximum atomic E-state index is 13.0. The van der Waals surface area contributed by atoms with Crippen molar-refractivity contribution >= 4 is 34.8 Å². The molecule has 8 heteroatoms. The van der Waals surface area contributed by atoms with Crippen LogP contribution in [0, 0.1) is 5.92 Å². The van der Waals surface area contributed by atoms with E-state index in [9.17, 15) is 14.4 Å². The fourth-order valence-corrected chi connectivity index (χ4v) is 3.85. The van der Waals surface area contributed by atoms with Crippen LogP contribution in [0.2, 0.25) is 0 Å². The van der Waals surface area contributed by atoms with Crippen LogP contribution in [0.5, 0.6) is 11.5 Å². The second-order valence-electron chi connectivity index (χ2n) is 7.80. The van der Waals surface area contributed by atoms with Crippen molar-refractivity contribution in [2.75, 3.05) is 36.3 Å². The molecule has 174 valence electrons. The van der Waals surface area contributed by atoms with E-state index in [1.807, 2.05) is 36.4 Å². The molecule has 8 nitrogen and oxygen atoms in total. The summed E-state index contributed by atoms with van der Waals surface area (Å²) in [5.74, 6) is -0.511. The van der Waals surface area contributed by atoms with Crippen LogP contribution >= 0.6 is 0 Å². The third-order valence-corrected chi connectivity index (χ3v) is 5.63. The van der Waals surface area contributed by atoms with Crippen LogP contribution in [-0.4, -0.2) is 38.5 Å². The van der Waals surface area contributed by atoms with E-state index >= 15 is 0 Å². The molecule has 0 saturated carbocycles. The van der Waals surface area contributed by atoms with Crippen LogP contribution < -0.4 is 25.0 Å². The van der Waals surface area contributed by atoms with Crippen LogP contribution in [0.25, 0.3) is 0 Å². The van der Waals surface area contributed by atoms with Gasteiger partial charge in [0.05, 0.1) is 31.5 Å². The van der Waals surface area contributed by atoms with Gasteiger partial charge in [-0.3, -0.25) is 14.4 Å². The van der Waals surface area contributed by atoms with Gasteiger partial charge in [0, 0.05) is 36.3 Å². The number of methoxy groups -OCH3 is 2. The largest absolute Gasteiger partial charge is 0.494 e. The number of para-hydroxylation sites is 1. The van der Waals surface area contributed by atoms with Gasteiger partial charge in [0.25, 0.3) is 5.91 Å². The summed E-state index contributed by atoms with van der Waals surface area (Å²) in [5, 5.41) is 5.66. The molecule has 1 saturated heterocycles. The fourth-order valence-electron chi connectivity index (χ4n) is 3.85. The van der Waals surface area contributed by atoms with Gasteiger partial charge in [0.2, 0.25) is 11.8 Å². The first kappa shape index (κ1) is 22.8. The van der Waals surface area contributed by atoms with Gasteiger partial charge in [-0.05, 0) is 24.3 Å². The molecule has 1 aliphatic rings. The minimum absolute atomic E-state index is 0.102. The number of hydrogen-bond acceptors (Lipinski definition) is 5. The molecular formula is C26H25N3O5. The van der Waals surface area contributed by atoms with E-state index in [1.54, 1.807) is 41.3 Å². The molecule has 4 rings (SSSR count). The van der Waals surface area contributed by atoms with Crippen LogP contribution in [0.3, 0.4) is 0 Å². The van der Waals surface area contributed by atoms with Crippen molar-refractivity contribution in [1.29, 1.82) is 0 Å². The summed E-state index contributed by atoms with van der Waals surface area (Å²) < 4.78 is 10.9. The lowest BCUT2D eigenvalue weighted by atomic mass is 10.1. The van der Waals surface area contributed by atoms with E-state index in [4.69, 9.17) is 9.47 Å². The van der Waals surface area contributed by atoms with Crippen LogP contribution in [0.15, 0.2) is 72.8 Å². The number of amides is 3. The summed E-state index contributed by atoms with van der Waals surface area (Å²) in [7, 11) is 2.94. The zero-order chi connectivity index (χ0) is 24.1. The van der Waals surface area contributed by atoms with Crippen molar-refractivity contribution < 1.29 is 23.9 Å². The molecule has 1 aliphatic heterocycles. The van der Waals surface area contributed by atoms with Crippen molar-refractivity contribution in [3.05, 3.63) is 78.4 Å². The Morgan fingerprint density at radius 1 is 0.853 bits per heavy atom. The number of carbonyl (C=O) groups excluding carboxylic acids is 3. The van der Waals surface area contributed by atoms with Gasteiger partial charge >= 0.3 is 0 Å². The molecule has 1 fully saturated rings. The molecule has 3 amide bonds. The highest BCUT2D eigenvalue weighted by molar-refractivity contribution is 6.06. The van der Waals surface area contributed by atoms with E-state index in [1.165, 1.54) is 14.2 Å². The number of benzene rings is 3. The highest BCUT2D eigenvalue weighted by atomic mass is 16.5. The molecule has 0 aliphatic carbocycles. The summed E-state index contributed by atoms with van der Waals surface area (Å²) >= 11 is 0. The van der Waals surface area contributed by atoms with Crippen molar-refractivity contribution in [2.45, 2.75) is 6.42 Å². The van der Waals surface area contributed by atoms with Gasteiger partial charge in [0.1, 0.15) is 11.5 Å². The molecule has 1 unspecified atom stereocenters. The van der Waals surface area contributed by atoms with Crippen molar-refractivity contribution in [3.8, 4) is 11.5 Å². The number of hydrogen-bond donors (Lipinski definition) is 2. The Labute approximate surface area is 197 Å². The molecule has 0 aromatic heterocycles. The van der Waals surface area contributed by atoms with Crippen LogP contribution in [0.4, 0.5) is 17.1 Å². The highest BCUT2D eigenvalue weighted by Gasteiger charge is 2.35. The topological polar surface area (TPSA) is 97.0 Å². The monoisotopic (exact) mass is 459 g/mol. The minimum Gasteiger partial charge on any atom is -0.494 e. The van der Waals surface area contributed by atoms with E-state index in [0.29, 0.717) is 35.0 Å². The molecule has 0 radical (unpaired) electrons. The van der Waals surface area contributed by atoms with E-state index in [2.05, 4.69) is 10.6 Å². The normalized spacial score (nSPS) is 15.1. The smallest absolute Gasteiger partial charge is 0.255 e. The Morgan fingerprint density at radius 3 is 2.00 bits per heavy atom. The van der Waals surface area contributed by atoms with Crippen molar-refractivity contribution in [1.82, 2.24) is 0 Å². The Balaban J connectivity index is 1.51. The Morgan fingerprint density at radius 2 is 1.41 bits per heavy atom. The molecule has 34 heavy (non-hydrogen) atoms. The molecule has 0 spiro atoms. The van der Waals surface area contributed by atoms with Gasteiger partial charge in [-0.1, -0.05) is 36.4 Å². The number of anilines is 3. The van der Waals surface area contributed by atoms with Crippen molar-refractivity contribution in [3.63, 3.8) is 0 Å². The minimum atomic E-state index is -0.513. The fraction of sp³-hybridized carbons (Fsp3) is 0.192. The van der Waals surface area contributed by atoms with Gasteiger partial charge in [0.15, 0.2) is 0 Å². The molecular weight excluding hydrogens is 434 g/mol. The molecule has 0 bridgehead atoms. The Kier molecular flexibility index (Phi) is 6.77. The van der Waals surface area contributed by atoms with Gasteiger partial charge in [-0.2, -0.15) is 0 Å². The van der Waals surface area contributed by atoms with Gasteiger partial charge in [-0.15, -0.1) is 0 Å². The van der Waals surface area contributed by atoms with E-state index in [-0.39, 0.29) is 24.1 Å². The summed E-state index contributed by atoms with van der Waals surface area (Å²) in [4.78, 5) is 39.7. The number of carbonyl (C=O) groups is 3. The number of rotatable bonds is 7. The van der Waals surface area contributed by atoms with E-state index < -0.39 is 5.92 Å². The third kappa shape index (κ3) is 4.85. The number of nitrogens with zero attached hydrogens (tertiary/aromatic N) is 1. The highest BCUT2D eigenvalue weighted by Crippen LogP contribution is 2.37. The average molecular weight is 460 g/mol. The Bertz CT molecular complexity index is 1200. The lowest BCUT2D eigenvalue weighted by Crippen LogP contribution is -2.28. The summed E-state index contributed by atoms with van der Waals surface area (Å²) in [6, 6.07) is 21.2. The first-order valence-corrected chi connectivity index (χ1v) is 10.8. The first-order chi connectivity index (χ1) is 16.5. The maximum Gasteiger partial charge on any atom is 0.255 e. The zero-order valence-corrected chi connectivity index (χ0v) is 18.9. The van der Waals surface area contributed by atoms with Gasteiger partial charge < -0.3 is 25.0 Å². The summed E-state index contributed by atoms with van der Waals surface area (Å²) in [6.45, 7) is 0.291. The third-order valence-electron chi connectivity index (χ3n) is 5.63.